The molecule has 0 atom stereocenters. The van der Waals surface area contributed by atoms with Crippen LogP contribution in [0.2, 0.25) is 0 Å². The van der Waals surface area contributed by atoms with Crippen LogP contribution in [0.4, 0.5) is 11.5 Å². The standard InChI is InChI=1S/C11H17N3O3/c1-8-5-9(14(16)17)10(12-6-8)13(4)11(2,3)7-15/h5-6,15H,7H2,1-4H3. The maximum atomic E-state index is 11.0. The van der Waals surface area contributed by atoms with Gasteiger partial charge in [-0.05, 0) is 26.3 Å². The van der Waals surface area contributed by atoms with E-state index in [9.17, 15) is 15.2 Å². The van der Waals surface area contributed by atoms with Crippen LogP contribution < -0.4 is 4.90 Å². The molecule has 6 nitrogen and oxygen atoms in total. The van der Waals surface area contributed by atoms with Gasteiger partial charge in [-0.15, -0.1) is 0 Å². The fourth-order valence-corrected chi connectivity index (χ4v) is 1.33. The van der Waals surface area contributed by atoms with E-state index < -0.39 is 10.5 Å². The van der Waals surface area contributed by atoms with Crippen molar-refractivity contribution in [1.82, 2.24) is 4.98 Å². The summed E-state index contributed by atoms with van der Waals surface area (Å²) in [7, 11) is 1.68. The minimum absolute atomic E-state index is 0.0472. The Kier molecular flexibility index (Phi) is 3.67. The molecular formula is C11H17N3O3. The highest BCUT2D eigenvalue weighted by Gasteiger charge is 2.29. The van der Waals surface area contributed by atoms with Crippen molar-refractivity contribution in [3.05, 3.63) is 27.9 Å². The number of hydrogen-bond acceptors (Lipinski definition) is 5. The van der Waals surface area contributed by atoms with Gasteiger partial charge in [-0.2, -0.15) is 0 Å². The van der Waals surface area contributed by atoms with Gasteiger partial charge in [0, 0.05) is 19.3 Å². The predicted molar refractivity (Wildman–Crippen MR) is 65.2 cm³/mol. The molecule has 0 aliphatic carbocycles. The van der Waals surface area contributed by atoms with Gasteiger partial charge in [0.15, 0.2) is 0 Å². The minimum atomic E-state index is -0.604. The monoisotopic (exact) mass is 239 g/mol. The van der Waals surface area contributed by atoms with Gasteiger partial charge >= 0.3 is 5.69 Å². The molecule has 0 aromatic carbocycles. The van der Waals surface area contributed by atoms with Crippen LogP contribution in [-0.2, 0) is 0 Å². The molecule has 0 aliphatic rings. The van der Waals surface area contributed by atoms with Gasteiger partial charge in [0.25, 0.3) is 0 Å². The molecule has 94 valence electrons. The van der Waals surface area contributed by atoms with E-state index >= 15 is 0 Å². The van der Waals surface area contributed by atoms with Crippen LogP contribution in [0.1, 0.15) is 19.4 Å². The van der Waals surface area contributed by atoms with Gasteiger partial charge < -0.3 is 10.0 Å². The molecule has 1 rings (SSSR count). The smallest absolute Gasteiger partial charge is 0.311 e. The summed E-state index contributed by atoms with van der Waals surface area (Å²) in [4.78, 5) is 16.2. The molecule has 0 fully saturated rings. The molecule has 0 saturated carbocycles. The second kappa shape index (κ2) is 4.67. The van der Waals surface area contributed by atoms with Crippen LogP contribution in [0.5, 0.6) is 0 Å². The molecule has 0 amide bonds. The lowest BCUT2D eigenvalue weighted by Gasteiger charge is -2.34. The number of aliphatic hydroxyl groups is 1. The fraction of sp³-hybridized carbons (Fsp3) is 0.545. The molecule has 17 heavy (non-hydrogen) atoms. The number of nitrogens with zero attached hydrogens (tertiary/aromatic N) is 3. The summed E-state index contributed by atoms with van der Waals surface area (Å²) in [5.74, 6) is 0.264. The van der Waals surface area contributed by atoms with Gasteiger partial charge in [-0.3, -0.25) is 10.1 Å². The molecule has 6 heteroatoms. The van der Waals surface area contributed by atoms with Gasteiger partial charge in [-0.1, -0.05) is 0 Å². The Morgan fingerprint density at radius 2 is 2.18 bits per heavy atom. The minimum Gasteiger partial charge on any atom is -0.394 e. The van der Waals surface area contributed by atoms with Gasteiger partial charge in [-0.25, -0.2) is 4.98 Å². The van der Waals surface area contributed by atoms with Gasteiger partial charge in [0.05, 0.1) is 17.1 Å². The van der Waals surface area contributed by atoms with E-state index in [2.05, 4.69) is 4.98 Å². The summed E-state index contributed by atoms with van der Waals surface area (Å²) < 4.78 is 0. The van der Waals surface area contributed by atoms with E-state index in [4.69, 9.17) is 0 Å². The highest BCUT2D eigenvalue weighted by Crippen LogP contribution is 2.29. The molecular weight excluding hydrogens is 222 g/mol. The number of likely N-dealkylation sites (N-methyl/N-ethyl adjacent to an activating group) is 1. The fourth-order valence-electron chi connectivity index (χ4n) is 1.33. The predicted octanol–water partition coefficient (Wildman–Crippen LogP) is 1.51. The molecule has 0 aliphatic heterocycles. The van der Waals surface area contributed by atoms with Crippen molar-refractivity contribution in [3.8, 4) is 0 Å². The highest BCUT2D eigenvalue weighted by atomic mass is 16.6. The Morgan fingerprint density at radius 3 is 2.65 bits per heavy atom. The lowest BCUT2D eigenvalue weighted by Crippen LogP contribution is -2.45. The maximum Gasteiger partial charge on any atom is 0.311 e. The summed E-state index contributed by atoms with van der Waals surface area (Å²) in [6, 6.07) is 1.48. The Hall–Kier alpha value is -1.69. The molecule has 0 bridgehead atoms. The first kappa shape index (κ1) is 13.4. The molecule has 1 aromatic rings. The number of hydrogen-bond donors (Lipinski definition) is 1. The second-order valence-corrected chi connectivity index (χ2v) is 4.64. The Bertz CT molecular complexity index is 432. The maximum absolute atomic E-state index is 11.0. The van der Waals surface area contributed by atoms with Crippen LogP contribution in [0.3, 0.4) is 0 Å². The normalized spacial score (nSPS) is 11.4. The SMILES string of the molecule is Cc1cnc(N(C)C(C)(C)CO)c([N+](=O)[O-])c1. The molecule has 1 N–H and O–H groups in total. The third kappa shape index (κ3) is 2.71. The van der Waals surface area contributed by atoms with E-state index in [1.165, 1.54) is 6.07 Å². The summed E-state index contributed by atoms with van der Waals surface area (Å²) >= 11 is 0. The third-order valence-corrected chi connectivity index (χ3v) is 2.79. The zero-order chi connectivity index (χ0) is 13.2. The average Bonchev–Trinajstić information content (AvgIpc) is 2.28. The van der Waals surface area contributed by atoms with Crippen molar-refractivity contribution in [2.45, 2.75) is 26.3 Å². The molecule has 0 spiro atoms. The topological polar surface area (TPSA) is 79.5 Å². The van der Waals surface area contributed by atoms with Gasteiger partial charge in [0.1, 0.15) is 0 Å². The molecule has 0 saturated heterocycles. The zero-order valence-corrected chi connectivity index (χ0v) is 10.5. The molecule has 0 radical (unpaired) electrons. The number of aryl methyl sites for hydroxylation is 1. The van der Waals surface area contributed by atoms with Crippen molar-refractivity contribution in [2.75, 3.05) is 18.6 Å². The summed E-state index contributed by atoms with van der Waals surface area (Å²) in [5.41, 5.74) is 0.0807. The largest absolute Gasteiger partial charge is 0.394 e. The average molecular weight is 239 g/mol. The highest BCUT2D eigenvalue weighted by molar-refractivity contribution is 5.59. The van der Waals surface area contributed by atoms with E-state index in [0.717, 1.165) is 5.56 Å². The number of aliphatic hydroxyl groups excluding tert-OH is 1. The lowest BCUT2D eigenvalue weighted by molar-refractivity contribution is -0.384. The Labute approximate surface area is 100 Å². The Morgan fingerprint density at radius 1 is 1.59 bits per heavy atom. The first-order chi connectivity index (χ1) is 7.79. The number of aromatic nitrogens is 1. The van der Waals surface area contributed by atoms with Crippen molar-refractivity contribution >= 4 is 11.5 Å². The zero-order valence-electron chi connectivity index (χ0n) is 10.5. The lowest BCUT2D eigenvalue weighted by atomic mass is 10.0. The molecule has 0 unspecified atom stereocenters. The van der Waals surface area contributed by atoms with Crippen LogP contribution in [-0.4, -0.2) is 34.2 Å². The number of anilines is 1. The number of pyridine rings is 1. The van der Waals surface area contributed by atoms with Crippen molar-refractivity contribution in [3.63, 3.8) is 0 Å². The summed E-state index contributed by atoms with van der Waals surface area (Å²) in [6.07, 6.45) is 1.58. The first-order valence-corrected chi connectivity index (χ1v) is 5.25. The van der Waals surface area contributed by atoms with Crippen LogP contribution >= 0.6 is 0 Å². The van der Waals surface area contributed by atoms with Crippen molar-refractivity contribution < 1.29 is 10.0 Å². The van der Waals surface area contributed by atoms with E-state index in [1.54, 1.807) is 38.9 Å². The quantitative estimate of drug-likeness (QED) is 0.636. The van der Waals surface area contributed by atoms with Crippen molar-refractivity contribution in [1.29, 1.82) is 0 Å². The van der Waals surface area contributed by atoms with Crippen molar-refractivity contribution in [2.24, 2.45) is 0 Å². The van der Waals surface area contributed by atoms with E-state index in [1.807, 2.05) is 0 Å². The first-order valence-electron chi connectivity index (χ1n) is 5.25. The number of rotatable bonds is 4. The van der Waals surface area contributed by atoms with E-state index in [-0.39, 0.29) is 18.1 Å². The molecule has 1 heterocycles. The Balaban J connectivity index is 3.26. The van der Waals surface area contributed by atoms with Gasteiger partial charge in [0.2, 0.25) is 5.82 Å². The van der Waals surface area contributed by atoms with Crippen LogP contribution in [0.25, 0.3) is 0 Å². The second-order valence-electron chi connectivity index (χ2n) is 4.64. The summed E-state index contributed by atoms with van der Waals surface area (Å²) in [5, 5.41) is 20.2. The summed E-state index contributed by atoms with van der Waals surface area (Å²) in [6.45, 7) is 5.22. The van der Waals surface area contributed by atoms with Crippen LogP contribution in [0, 0.1) is 17.0 Å². The van der Waals surface area contributed by atoms with E-state index in [0.29, 0.717) is 0 Å². The molecule has 1 aromatic heterocycles. The third-order valence-electron chi connectivity index (χ3n) is 2.79. The van der Waals surface area contributed by atoms with Crippen LogP contribution in [0.15, 0.2) is 12.3 Å². The number of nitro groups is 1.